The van der Waals surface area contributed by atoms with Gasteiger partial charge in [-0.15, -0.1) is 0 Å². The predicted octanol–water partition coefficient (Wildman–Crippen LogP) is 2.57. The number of aromatic amines is 1. The van der Waals surface area contributed by atoms with Crippen molar-refractivity contribution >= 4 is 17.5 Å². The first-order valence-electron chi connectivity index (χ1n) is 8.09. The monoisotopic (exact) mass is 371 g/mol. The maximum absolute atomic E-state index is 11.9. The molecule has 1 amide bonds. The second-order valence-corrected chi connectivity index (χ2v) is 6.08. The predicted molar refractivity (Wildman–Crippen MR) is 98.0 cm³/mol. The van der Waals surface area contributed by atoms with E-state index >= 15 is 0 Å². The Morgan fingerprint density at radius 3 is 3.00 bits per heavy atom. The summed E-state index contributed by atoms with van der Waals surface area (Å²) in [7, 11) is 0. The molecule has 3 aromatic rings. The summed E-state index contributed by atoms with van der Waals surface area (Å²) in [6.07, 6.45) is 3.93. The third kappa shape index (κ3) is 4.80. The van der Waals surface area contributed by atoms with Gasteiger partial charge in [-0.2, -0.15) is 5.10 Å². The molecule has 2 heterocycles. The first kappa shape index (κ1) is 17.9. The van der Waals surface area contributed by atoms with Crippen LogP contribution >= 0.6 is 11.6 Å². The Balaban J connectivity index is 1.43. The normalized spacial score (nSPS) is 10.5. The third-order valence-corrected chi connectivity index (χ3v) is 3.87. The molecule has 0 bridgehead atoms. The molecule has 3 rings (SSSR count). The van der Waals surface area contributed by atoms with E-state index in [1.165, 1.54) is 0 Å². The fourth-order valence-electron chi connectivity index (χ4n) is 2.32. The molecule has 0 fully saturated rings. The molecule has 0 aliphatic carbocycles. The minimum atomic E-state index is -0.202. The molecule has 0 aliphatic heterocycles. The largest absolute Gasteiger partial charge is 0.484 e. The Kier molecular flexibility index (Phi) is 5.80. The molecule has 0 unspecified atom stereocenters. The number of carbonyl (C=O) groups excluding carboxylic acids is 1. The fraction of sp³-hybridized carbons (Fsp3) is 0.222. The molecule has 26 heavy (non-hydrogen) atoms. The molecular weight excluding hydrogens is 354 g/mol. The standard InChI is InChI=1S/C18H18ClN5O2/c1-12-9-14(19)4-5-15(12)26-11-17(25)21-8-6-16-22-18(24-23-16)13-3-2-7-20-10-13/h2-5,7,9-10H,6,8,11H2,1H3,(H,21,25)(H,22,23,24). The molecule has 2 N–H and O–H groups in total. The van der Waals surface area contributed by atoms with Gasteiger partial charge in [-0.3, -0.25) is 14.9 Å². The molecule has 8 heteroatoms. The van der Waals surface area contributed by atoms with Crippen LogP contribution in [0.5, 0.6) is 5.75 Å². The molecule has 2 aromatic heterocycles. The number of nitrogens with one attached hydrogen (secondary N) is 2. The Labute approximate surface area is 155 Å². The van der Waals surface area contributed by atoms with Crippen LogP contribution < -0.4 is 10.1 Å². The molecule has 0 saturated carbocycles. The molecule has 0 atom stereocenters. The van der Waals surface area contributed by atoms with E-state index in [1.807, 2.05) is 19.1 Å². The topological polar surface area (TPSA) is 92.8 Å². The zero-order valence-electron chi connectivity index (χ0n) is 14.2. The minimum Gasteiger partial charge on any atom is -0.484 e. The maximum atomic E-state index is 11.9. The number of aromatic nitrogens is 4. The fourth-order valence-corrected chi connectivity index (χ4v) is 2.55. The van der Waals surface area contributed by atoms with Crippen molar-refractivity contribution in [2.75, 3.05) is 13.2 Å². The lowest BCUT2D eigenvalue weighted by molar-refractivity contribution is -0.123. The molecule has 134 valence electrons. The number of ether oxygens (including phenoxy) is 1. The molecule has 1 aromatic carbocycles. The number of H-pyrrole nitrogens is 1. The highest BCUT2D eigenvalue weighted by Crippen LogP contribution is 2.21. The molecule has 0 saturated heterocycles. The number of amides is 1. The van der Waals surface area contributed by atoms with Crippen molar-refractivity contribution in [3.05, 3.63) is 59.1 Å². The van der Waals surface area contributed by atoms with Crippen LogP contribution in [0.3, 0.4) is 0 Å². The number of hydrogen-bond acceptors (Lipinski definition) is 5. The second-order valence-electron chi connectivity index (χ2n) is 5.65. The Morgan fingerprint density at radius 1 is 1.35 bits per heavy atom. The van der Waals surface area contributed by atoms with Crippen LogP contribution in [0, 0.1) is 6.92 Å². The number of carbonyl (C=O) groups is 1. The molecule has 0 radical (unpaired) electrons. The van der Waals surface area contributed by atoms with Crippen LogP contribution in [0.15, 0.2) is 42.7 Å². The van der Waals surface area contributed by atoms with Crippen molar-refractivity contribution in [3.8, 4) is 17.1 Å². The van der Waals surface area contributed by atoms with Gasteiger partial charge in [0.2, 0.25) is 0 Å². The van der Waals surface area contributed by atoms with Crippen LogP contribution in [0.25, 0.3) is 11.4 Å². The highest BCUT2D eigenvalue weighted by atomic mass is 35.5. The molecule has 0 spiro atoms. The van der Waals surface area contributed by atoms with E-state index in [4.69, 9.17) is 16.3 Å². The lowest BCUT2D eigenvalue weighted by Gasteiger charge is -2.09. The Morgan fingerprint density at radius 2 is 2.23 bits per heavy atom. The zero-order valence-corrected chi connectivity index (χ0v) is 15.0. The minimum absolute atomic E-state index is 0.0557. The van der Waals surface area contributed by atoms with E-state index in [2.05, 4.69) is 25.5 Å². The van der Waals surface area contributed by atoms with Gasteiger partial charge in [0.1, 0.15) is 11.6 Å². The maximum Gasteiger partial charge on any atom is 0.257 e. The van der Waals surface area contributed by atoms with E-state index in [9.17, 15) is 4.79 Å². The van der Waals surface area contributed by atoms with Crippen molar-refractivity contribution in [2.45, 2.75) is 13.3 Å². The van der Waals surface area contributed by atoms with Crippen molar-refractivity contribution in [1.82, 2.24) is 25.5 Å². The van der Waals surface area contributed by atoms with Gasteiger partial charge >= 0.3 is 0 Å². The number of benzene rings is 1. The molecule has 0 aliphatic rings. The first-order chi connectivity index (χ1) is 12.6. The number of halogens is 1. The lowest BCUT2D eigenvalue weighted by atomic mass is 10.2. The highest BCUT2D eigenvalue weighted by Gasteiger charge is 2.08. The van der Waals surface area contributed by atoms with Crippen LogP contribution in [0.1, 0.15) is 11.4 Å². The van der Waals surface area contributed by atoms with Gasteiger partial charge < -0.3 is 10.1 Å². The van der Waals surface area contributed by atoms with Crippen LogP contribution in [0.2, 0.25) is 5.02 Å². The summed E-state index contributed by atoms with van der Waals surface area (Å²) in [5.74, 6) is 1.71. The summed E-state index contributed by atoms with van der Waals surface area (Å²) in [6, 6.07) is 8.98. The van der Waals surface area contributed by atoms with E-state index in [0.717, 1.165) is 11.1 Å². The van der Waals surface area contributed by atoms with Gasteiger partial charge in [0, 0.05) is 35.9 Å². The zero-order chi connectivity index (χ0) is 18.4. The number of aryl methyl sites for hydroxylation is 1. The van der Waals surface area contributed by atoms with Gasteiger partial charge in [-0.05, 0) is 42.8 Å². The average molecular weight is 372 g/mol. The van der Waals surface area contributed by atoms with E-state index in [0.29, 0.717) is 35.4 Å². The summed E-state index contributed by atoms with van der Waals surface area (Å²) in [6.45, 7) is 2.26. The van der Waals surface area contributed by atoms with Gasteiger partial charge in [-0.1, -0.05) is 11.6 Å². The van der Waals surface area contributed by atoms with Gasteiger partial charge in [-0.25, -0.2) is 4.98 Å². The summed E-state index contributed by atoms with van der Waals surface area (Å²) in [5.41, 5.74) is 1.72. The van der Waals surface area contributed by atoms with Crippen molar-refractivity contribution in [2.24, 2.45) is 0 Å². The van der Waals surface area contributed by atoms with E-state index < -0.39 is 0 Å². The summed E-state index contributed by atoms with van der Waals surface area (Å²) in [4.78, 5) is 20.3. The number of hydrogen-bond donors (Lipinski definition) is 2. The summed E-state index contributed by atoms with van der Waals surface area (Å²) >= 11 is 5.89. The third-order valence-electron chi connectivity index (χ3n) is 3.63. The van der Waals surface area contributed by atoms with E-state index in [1.54, 1.807) is 30.6 Å². The van der Waals surface area contributed by atoms with Crippen molar-refractivity contribution < 1.29 is 9.53 Å². The van der Waals surface area contributed by atoms with Gasteiger partial charge in [0.15, 0.2) is 12.4 Å². The Bertz CT molecular complexity index is 882. The summed E-state index contributed by atoms with van der Waals surface area (Å²) < 4.78 is 5.50. The quantitative estimate of drug-likeness (QED) is 0.665. The van der Waals surface area contributed by atoms with Crippen molar-refractivity contribution in [3.63, 3.8) is 0 Å². The van der Waals surface area contributed by atoms with Gasteiger partial charge in [0.05, 0.1) is 0 Å². The lowest BCUT2D eigenvalue weighted by Crippen LogP contribution is -2.30. The van der Waals surface area contributed by atoms with Crippen LogP contribution in [0.4, 0.5) is 0 Å². The highest BCUT2D eigenvalue weighted by molar-refractivity contribution is 6.30. The van der Waals surface area contributed by atoms with E-state index in [-0.39, 0.29) is 12.5 Å². The molecule has 7 nitrogen and oxygen atoms in total. The van der Waals surface area contributed by atoms with Crippen LogP contribution in [-0.2, 0) is 11.2 Å². The average Bonchev–Trinajstić information content (AvgIpc) is 3.11. The summed E-state index contributed by atoms with van der Waals surface area (Å²) in [5, 5.41) is 10.4. The SMILES string of the molecule is Cc1cc(Cl)ccc1OCC(=O)NCCc1nc(-c2cccnc2)n[nH]1. The smallest absolute Gasteiger partial charge is 0.257 e. The van der Waals surface area contributed by atoms with Crippen molar-refractivity contribution in [1.29, 1.82) is 0 Å². The second kappa shape index (κ2) is 8.44. The number of nitrogens with zero attached hydrogens (tertiary/aromatic N) is 3. The van der Waals surface area contributed by atoms with Gasteiger partial charge in [0.25, 0.3) is 5.91 Å². The first-order valence-corrected chi connectivity index (χ1v) is 8.47. The number of rotatable bonds is 7. The molecular formula is C18H18ClN5O2. The Hall–Kier alpha value is -2.93. The van der Waals surface area contributed by atoms with Crippen LogP contribution in [-0.4, -0.2) is 39.2 Å². The number of pyridine rings is 1.